The van der Waals surface area contributed by atoms with Crippen LogP contribution >= 0.6 is 0 Å². The summed E-state index contributed by atoms with van der Waals surface area (Å²) < 4.78 is 5.24. The zero-order valence-electron chi connectivity index (χ0n) is 18.5. The van der Waals surface area contributed by atoms with E-state index in [1.54, 1.807) is 48.7 Å². The molecule has 1 aliphatic heterocycles. The highest BCUT2D eigenvalue weighted by Gasteiger charge is 2.46. The molecule has 2 heterocycles. The first-order valence-corrected chi connectivity index (χ1v) is 10.5. The van der Waals surface area contributed by atoms with E-state index >= 15 is 0 Å². The normalized spacial score (nSPS) is 18.1. The zero-order valence-corrected chi connectivity index (χ0v) is 18.5. The zero-order chi connectivity index (χ0) is 22.5. The van der Waals surface area contributed by atoms with Crippen LogP contribution in [-0.2, 0) is 9.59 Å². The van der Waals surface area contributed by atoms with Crippen LogP contribution in [0.3, 0.4) is 0 Å². The quantitative estimate of drug-likeness (QED) is 0.399. The minimum atomic E-state index is -0.689. The maximum Gasteiger partial charge on any atom is 0.295 e. The van der Waals surface area contributed by atoms with Crippen molar-refractivity contribution >= 4 is 17.4 Å². The summed E-state index contributed by atoms with van der Waals surface area (Å²) in [5, 5.41) is 11.2. The Morgan fingerprint density at radius 1 is 1.23 bits per heavy atom. The molecule has 0 unspecified atom stereocenters. The topological polar surface area (TPSA) is 83.0 Å². The molecule has 1 saturated heterocycles. The lowest BCUT2D eigenvalue weighted by Crippen LogP contribution is -2.38. The Kier molecular flexibility index (Phi) is 7.07. The number of carbonyl (C=O) groups excluding carboxylic acids is 2. The van der Waals surface area contributed by atoms with Crippen LogP contribution in [0.1, 0.15) is 36.6 Å². The van der Waals surface area contributed by atoms with Crippen LogP contribution in [0, 0.1) is 6.92 Å². The van der Waals surface area contributed by atoms with Gasteiger partial charge in [0.1, 0.15) is 11.5 Å². The molecule has 0 bridgehead atoms. The second kappa shape index (κ2) is 9.75. The largest absolute Gasteiger partial charge is 0.507 e. The van der Waals surface area contributed by atoms with E-state index in [0.29, 0.717) is 30.0 Å². The highest BCUT2D eigenvalue weighted by molar-refractivity contribution is 6.46. The molecule has 0 saturated carbocycles. The summed E-state index contributed by atoms with van der Waals surface area (Å²) >= 11 is 0. The fourth-order valence-corrected chi connectivity index (χ4v) is 3.96. The number of aromatic nitrogens is 1. The Morgan fingerprint density at radius 2 is 1.97 bits per heavy atom. The van der Waals surface area contributed by atoms with Gasteiger partial charge in [-0.3, -0.25) is 14.6 Å². The molecule has 3 rings (SSSR count). The number of ether oxygens (including phenoxy) is 1. The van der Waals surface area contributed by atoms with E-state index in [9.17, 15) is 14.7 Å². The lowest BCUT2D eigenvalue weighted by Gasteiger charge is -2.28. The summed E-state index contributed by atoms with van der Waals surface area (Å²) in [7, 11) is 1.57. The van der Waals surface area contributed by atoms with Crippen LogP contribution in [0.4, 0.5) is 0 Å². The molecule has 164 valence electrons. The summed E-state index contributed by atoms with van der Waals surface area (Å²) in [5.74, 6) is -0.815. The number of amides is 1. The van der Waals surface area contributed by atoms with Crippen molar-refractivity contribution < 1.29 is 19.4 Å². The maximum atomic E-state index is 13.1. The van der Waals surface area contributed by atoms with Crippen LogP contribution in [-0.4, -0.2) is 64.9 Å². The summed E-state index contributed by atoms with van der Waals surface area (Å²) in [4.78, 5) is 33.9. The Labute approximate surface area is 183 Å². The molecule has 1 amide bonds. The molecule has 7 heteroatoms. The van der Waals surface area contributed by atoms with Crippen molar-refractivity contribution in [3.8, 4) is 5.75 Å². The molecular formula is C24H29N3O4. The number of rotatable bonds is 8. The third-order valence-electron chi connectivity index (χ3n) is 5.78. The minimum Gasteiger partial charge on any atom is -0.507 e. The Hall–Kier alpha value is -3.19. The molecule has 1 atom stereocenters. The molecule has 1 aromatic heterocycles. The van der Waals surface area contributed by atoms with Gasteiger partial charge in [-0.2, -0.15) is 0 Å². The number of Topliss-reactive ketones (excluding diaryl/α,β-unsaturated/α-hetero) is 1. The van der Waals surface area contributed by atoms with Gasteiger partial charge in [-0.1, -0.05) is 19.9 Å². The van der Waals surface area contributed by atoms with Crippen molar-refractivity contribution in [1.29, 1.82) is 0 Å². The molecule has 2 aromatic rings. The highest BCUT2D eigenvalue weighted by atomic mass is 16.5. The molecule has 1 N–H and O–H groups in total. The molecule has 1 aliphatic rings. The first kappa shape index (κ1) is 22.5. The van der Waals surface area contributed by atoms with Crippen LogP contribution < -0.4 is 4.74 Å². The minimum absolute atomic E-state index is 0.0887. The number of nitrogens with zero attached hydrogens (tertiary/aromatic N) is 3. The number of aliphatic hydroxyl groups excluding tert-OH is 1. The van der Waals surface area contributed by atoms with Gasteiger partial charge in [0.15, 0.2) is 0 Å². The number of methoxy groups -OCH3 is 1. The van der Waals surface area contributed by atoms with E-state index in [4.69, 9.17) is 4.74 Å². The summed E-state index contributed by atoms with van der Waals surface area (Å²) in [6, 6.07) is 8.10. The first-order valence-electron chi connectivity index (χ1n) is 10.5. The van der Waals surface area contributed by atoms with Crippen LogP contribution in [0.5, 0.6) is 5.75 Å². The lowest BCUT2D eigenvalue weighted by molar-refractivity contribution is -0.140. The third-order valence-corrected chi connectivity index (χ3v) is 5.78. The third kappa shape index (κ3) is 4.46. The summed E-state index contributed by atoms with van der Waals surface area (Å²) in [6.07, 6.45) is 3.27. The standard InChI is InChI=1S/C24H29N3O4/c1-5-26(6-2)12-13-27-21(17-8-7-11-25-15-17)20(23(29)24(27)30)22(28)19-10-9-18(31-4)14-16(19)3/h7-11,14-15,21,28H,5-6,12-13H2,1-4H3/b22-20+/t21-/m0/s1. The number of ketones is 1. The van der Waals surface area contributed by atoms with Gasteiger partial charge in [-0.05, 0) is 55.4 Å². The Balaban J connectivity index is 2.10. The fourth-order valence-electron chi connectivity index (χ4n) is 3.96. The number of hydrogen-bond acceptors (Lipinski definition) is 6. The van der Waals surface area contributed by atoms with E-state index < -0.39 is 17.7 Å². The average molecular weight is 424 g/mol. The van der Waals surface area contributed by atoms with Gasteiger partial charge >= 0.3 is 0 Å². The van der Waals surface area contributed by atoms with Crippen LogP contribution in [0.25, 0.3) is 5.76 Å². The fraction of sp³-hybridized carbons (Fsp3) is 0.375. The molecule has 0 radical (unpaired) electrons. The van der Waals surface area contributed by atoms with Crippen LogP contribution in [0.2, 0.25) is 0 Å². The number of carbonyl (C=O) groups is 2. The molecule has 0 aliphatic carbocycles. The van der Waals surface area contributed by atoms with Crippen molar-refractivity contribution in [1.82, 2.24) is 14.8 Å². The molecule has 0 spiro atoms. The van der Waals surface area contributed by atoms with E-state index in [1.807, 2.05) is 13.0 Å². The average Bonchev–Trinajstić information content (AvgIpc) is 3.04. The summed E-state index contributed by atoms with van der Waals surface area (Å²) in [5.41, 5.74) is 2.02. The van der Waals surface area contributed by atoms with Crippen molar-refractivity contribution in [2.75, 3.05) is 33.3 Å². The number of benzene rings is 1. The smallest absolute Gasteiger partial charge is 0.295 e. The first-order chi connectivity index (χ1) is 14.9. The lowest BCUT2D eigenvalue weighted by atomic mass is 9.94. The SMILES string of the molecule is CCN(CC)CCN1C(=O)C(=O)/C(=C(/O)c2ccc(OC)cc2C)[C@@H]1c1cccnc1. The molecule has 31 heavy (non-hydrogen) atoms. The van der Waals surface area contributed by atoms with Crippen molar-refractivity contribution in [3.63, 3.8) is 0 Å². The van der Waals surface area contributed by atoms with Crippen molar-refractivity contribution in [3.05, 3.63) is 65.0 Å². The molecule has 1 fully saturated rings. The van der Waals surface area contributed by atoms with Gasteiger partial charge < -0.3 is 19.6 Å². The van der Waals surface area contributed by atoms with Crippen LogP contribution in [0.15, 0.2) is 48.3 Å². The van der Waals surface area contributed by atoms with E-state index in [0.717, 1.165) is 18.7 Å². The van der Waals surface area contributed by atoms with E-state index in [-0.39, 0.29) is 11.3 Å². The van der Waals surface area contributed by atoms with Gasteiger partial charge in [0, 0.05) is 31.0 Å². The van der Waals surface area contributed by atoms with Gasteiger partial charge in [-0.15, -0.1) is 0 Å². The maximum absolute atomic E-state index is 13.1. The number of aliphatic hydroxyl groups is 1. The monoisotopic (exact) mass is 423 g/mol. The molecule has 7 nitrogen and oxygen atoms in total. The Bertz CT molecular complexity index is 984. The number of likely N-dealkylation sites (N-methyl/N-ethyl adjacent to an activating group) is 1. The molecular weight excluding hydrogens is 394 g/mol. The molecule has 1 aromatic carbocycles. The van der Waals surface area contributed by atoms with E-state index in [2.05, 4.69) is 23.7 Å². The van der Waals surface area contributed by atoms with E-state index in [1.165, 1.54) is 0 Å². The second-order valence-corrected chi connectivity index (χ2v) is 7.49. The van der Waals surface area contributed by atoms with Crippen molar-refractivity contribution in [2.45, 2.75) is 26.8 Å². The second-order valence-electron chi connectivity index (χ2n) is 7.49. The predicted octanol–water partition coefficient (Wildman–Crippen LogP) is 3.16. The number of hydrogen-bond donors (Lipinski definition) is 1. The van der Waals surface area contributed by atoms with Gasteiger partial charge in [-0.25, -0.2) is 0 Å². The van der Waals surface area contributed by atoms with Crippen molar-refractivity contribution in [2.24, 2.45) is 0 Å². The number of aryl methyl sites for hydroxylation is 1. The van der Waals surface area contributed by atoms with Gasteiger partial charge in [0.2, 0.25) is 0 Å². The highest BCUT2D eigenvalue weighted by Crippen LogP contribution is 2.39. The van der Waals surface area contributed by atoms with Gasteiger partial charge in [0.25, 0.3) is 11.7 Å². The number of likely N-dealkylation sites (tertiary alicyclic amines) is 1. The summed E-state index contributed by atoms with van der Waals surface area (Å²) in [6.45, 7) is 8.66. The number of pyridine rings is 1. The predicted molar refractivity (Wildman–Crippen MR) is 119 cm³/mol. The Morgan fingerprint density at radius 3 is 2.55 bits per heavy atom. The van der Waals surface area contributed by atoms with Gasteiger partial charge in [0.05, 0.1) is 18.7 Å².